The molecule has 1 aromatic rings. The number of ether oxygens (including phenoxy) is 1. The number of carbonyl (C=O) groups is 3. The third-order valence-corrected chi connectivity index (χ3v) is 7.21. The number of phenolic OH excluding ortho intramolecular Hbond substituents is 1. The van der Waals surface area contributed by atoms with Gasteiger partial charge in [0.1, 0.15) is 23.4 Å². The van der Waals surface area contributed by atoms with Crippen molar-refractivity contribution in [2.24, 2.45) is 11.8 Å². The molecule has 0 heterocycles. The summed E-state index contributed by atoms with van der Waals surface area (Å²) in [6.07, 6.45) is 5.88. The molecule has 3 amide bonds. The van der Waals surface area contributed by atoms with Gasteiger partial charge in [0.15, 0.2) is 0 Å². The Kier molecular flexibility index (Phi) is 12.1. The number of amides is 3. The van der Waals surface area contributed by atoms with E-state index in [1.54, 1.807) is 43.9 Å². The van der Waals surface area contributed by atoms with Crippen LogP contribution in [0.15, 0.2) is 24.3 Å². The van der Waals surface area contributed by atoms with E-state index in [4.69, 9.17) is 4.74 Å². The number of hydrogen-bond acceptors (Lipinski definition) is 5. The van der Waals surface area contributed by atoms with Gasteiger partial charge < -0.3 is 25.4 Å². The monoisotopic (exact) mass is 545 g/mol. The third-order valence-electron chi connectivity index (χ3n) is 7.21. The van der Waals surface area contributed by atoms with Gasteiger partial charge in [-0.3, -0.25) is 9.59 Å². The van der Waals surface area contributed by atoms with Crippen LogP contribution >= 0.6 is 0 Å². The van der Waals surface area contributed by atoms with E-state index in [0.717, 1.165) is 38.5 Å². The van der Waals surface area contributed by atoms with E-state index in [-0.39, 0.29) is 35.6 Å². The lowest BCUT2D eigenvalue weighted by molar-refractivity contribution is -0.146. The number of alkyl carbamates (subject to hydrolysis) is 1. The molecule has 0 aromatic heterocycles. The van der Waals surface area contributed by atoms with Crippen LogP contribution < -0.4 is 10.6 Å². The van der Waals surface area contributed by atoms with Crippen molar-refractivity contribution in [1.29, 1.82) is 0 Å². The molecule has 0 aliphatic heterocycles. The van der Waals surface area contributed by atoms with E-state index in [1.165, 1.54) is 6.07 Å². The van der Waals surface area contributed by atoms with Gasteiger partial charge in [-0.1, -0.05) is 65.2 Å². The van der Waals surface area contributed by atoms with Crippen LogP contribution in [0, 0.1) is 11.8 Å². The van der Waals surface area contributed by atoms with Crippen LogP contribution in [0.3, 0.4) is 0 Å². The van der Waals surface area contributed by atoms with Crippen molar-refractivity contribution in [3.8, 4) is 5.75 Å². The molecule has 8 nitrogen and oxygen atoms in total. The van der Waals surface area contributed by atoms with Crippen LogP contribution in [0.1, 0.15) is 112 Å². The van der Waals surface area contributed by atoms with Gasteiger partial charge in [0, 0.05) is 17.6 Å². The summed E-state index contributed by atoms with van der Waals surface area (Å²) in [6.45, 7) is 15.2. The first-order chi connectivity index (χ1) is 18.2. The molecule has 0 radical (unpaired) electrons. The van der Waals surface area contributed by atoms with Crippen LogP contribution in [0.25, 0.3) is 0 Å². The fourth-order valence-electron chi connectivity index (χ4n) is 5.08. The van der Waals surface area contributed by atoms with Gasteiger partial charge in [0.2, 0.25) is 11.8 Å². The predicted molar refractivity (Wildman–Crippen MR) is 154 cm³/mol. The molecular formula is C31H51N3O5. The number of phenols is 1. The molecule has 3 N–H and O–H groups in total. The first kappa shape index (κ1) is 32.4. The lowest BCUT2D eigenvalue weighted by Gasteiger charge is -2.40. The van der Waals surface area contributed by atoms with Crippen LogP contribution in [-0.2, 0) is 14.3 Å². The summed E-state index contributed by atoms with van der Waals surface area (Å²) in [5, 5.41) is 16.8. The molecule has 8 heteroatoms. The zero-order valence-electron chi connectivity index (χ0n) is 25.3. The molecule has 2 rings (SSSR count). The van der Waals surface area contributed by atoms with Crippen molar-refractivity contribution in [3.05, 3.63) is 29.8 Å². The normalized spacial score (nSPS) is 16.9. The quantitative estimate of drug-likeness (QED) is 0.312. The Bertz CT molecular complexity index is 950. The zero-order valence-corrected chi connectivity index (χ0v) is 25.3. The predicted octanol–water partition coefficient (Wildman–Crippen LogP) is 6.08. The summed E-state index contributed by atoms with van der Waals surface area (Å²) < 4.78 is 5.46. The highest BCUT2D eigenvalue weighted by Gasteiger charge is 2.41. The second-order valence-corrected chi connectivity index (χ2v) is 12.7. The summed E-state index contributed by atoms with van der Waals surface area (Å²) in [6, 6.07) is 4.42. The molecular weight excluding hydrogens is 494 g/mol. The van der Waals surface area contributed by atoms with Crippen molar-refractivity contribution >= 4 is 17.9 Å². The van der Waals surface area contributed by atoms with Crippen LogP contribution in [0.4, 0.5) is 4.79 Å². The van der Waals surface area contributed by atoms with Gasteiger partial charge in [-0.25, -0.2) is 4.79 Å². The Labute approximate surface area is 235 Å². The first-order valence-corrected chi connectivity index (χ1v) is 14.6. The van der Waals surface area contributed by atoms with Crippen molar-refractivity contribution in [1.82, 2.24) is 15.5 Å². The summed E-state index contributed by atoms with van der Waals surface area (Å²) in [5.74, 6) is -0.593. The van der Waals surface area contributed by atoms with E-state index in [9.17, 15) is 19.5 Å². The molecule has 1 fully saturated rings. The smallest absolute Gasteiger partial charge is 0.408 e. The van der Waals surface area contributed by atoms with Crippen LogP contribution in [0.5, 0.6) is 5.75 Å². The Balaban J connectivity index is 2.55. The van der Waals surface area contributed by atoms with Gasteiger partial charge in [0.25, 0.3) is 0 Å². The minimum Gasteiger partial charge on any atom is -0.508 e. The molecule has 3 atom stereocenters. The van der Waals surface area contributed by atoms with Gasteiger partial charge >= 0.3 is 6.09 Å². The first-order valence-electron chi connectivity index (χ1n) is 14.6. The number of hydrogen-bond donors (Lipinski definition) is 3. The van der Waals surface area contributed by atoms with E-state index in [1.807, 2.05) is 20.8 Å². The van der Waals surface area contributed by atoms with Gasteiger partial charge in [-0.05, 0) is 71.3 Å². The van der Waals surface area contributed by atoms with E-state index in [0.29, 0.717) is 17.9 Å². The van der Waals surface area contributed by atoms with Gasteiger partial charge in [-0.15, -0.1) is 0 Å². The Morgan fingerprint density at radius 2 is 1.62 bits per heavy atom. The molecule has 0 spiro atoms. The second-order valence-electron chi connectivity index (χ2n) is 12.7. The average Bonchev–Trinajstić information content (AvgIpc) is 2.84. The third kappa shape index (κ3) is 10.0. The molecule has 39 heavy (non-hydrogen) atoms. The highest BCUT2D eigenvalue weighted by molar-refractivity contribution is 5.93. The molecule has 3 unspecified atom stereocenters. The lowest BCUT2D eigenvalue weighted by atomic mass is 9.92. The average molecular weight is 546 g/mol. The minimum atomic E-state index is -1.05. The molecule has 1 saturated carbocycles. The molecule has 1 aliphatic rings. The standard InChI is InChI=1S/C31H51N3O5/c1-20(2)18-19-22(5)34(29(37)26(21(3)4)33-30(38)39-31(6,7)8)27(24-16-12-13-17-25(24)35)28(36)32-23-14-10-9-11-15-23/h12-13,16-17,20-23,26-27,35H,9-11,14-15,18-19H2,1-8H3,(H,32,36)(H,33,38). The van der Waals surface area contributed by atoms with Crippen LogP contribution in [0.2, 0.25) is 0 Å². The molecule has 220 valence electrons. The van der Waals surface area contributed by atoms with Gasteiger partial charge in [0.05, 0.1) is 0 Å². The summed E-state index contributed by atoms with van der Waals surface area (Å²) in [5.41, 5.74) is -0.354. The Morgan fingerprint density at radius 3 is 2.15 bits per heavy atom. The van der Waals surface area contributed by atoms with Gasteiger partial charge in [-0.2, -0.15) is 0 Å². The van der Waals surface area contributed by atoms with Crippen molar-refractivity contribution < 1.29 is 24.2 Å². The SMILES string of the molecule is CC(C)CCC(C)N(C(=O)C(NC(=O)OC(C)(C)C)C(C)C)C(C(=O)NC1CCCCC1)c1ccccc1O. The fraction of sp³-hybridized carbons (Fsp3) is 0.710. The maximum Gasteiger partial charge on any atom is 0.408 e. The Morgan fingerprint density at radius 1 is 1.00 bits per heavy atom. The largest absolute Gasteiger partial charge is 0.508 e. The maximum absolute atomic E-state index is 14.4. The van der Waals surface area contributed by atoms with E-state index >= 15 is 0 Å². The molecule has 1 aromatic carbocycles. The summed E-state index contributed by atoms with van der Waals surface area (Å²) >= 11 is 0. The highest BCUT2D eigenvalue weighted by Crippen LogP contribution is 2.33. The summed E-state index contributed by atoms with van der Waals surface area (Å²) in [7, 11) is 0. The molecule has 0 saturated heterocycles. The highest BCUT2D eigenvalue weighted by atomic mass is 16.6. The topological polar surface area (TPSA) is 108 Å². The fourth-order valence-corrected chi connectivity index (χ4v) is 5.08. The number of benzene rings is 1. The van der Waals surface area contributed by atoms with Crippen molar-refractivity contribution in [2.75, 3.05) is 0 Å². The number of rotatable bonds is 11. The zero-order chi connectivity index (χ0) is 29.3. The lowest BCUT2D eigenvalue weighted by Crippen LogP contribution is -2.57. The number of nitrogens with zero attached hydrogens (tertiary/aromatic N) is 1. The Hall–Kier alpha value is -2.77. The second kappa shape index (κ2) is 14.6. The molecule has 0 bridgehead atoms. The van der Waals surface area contributed by atoms with E-state index in [2.05, 4.69) is 24.5 Å². The van der Waals surface area contributed by atoms with E-state index < -0.39 is 23.8 Å². The minimum absolute atomic E-state index is 0.0308. The van der Waals surface area contributed by atoms with Crippen molar-refractivity contribution in [2.45, 2.75) is 130 Å². The number of nitrogens with one attached hydrogen (secondary N) is 2. The number of aromatic hydroxyl groups is 1. The summed E-state index contributed by atoms with van der Waals surface area (Å²) in [4.78, 5) is 42.7. The number of carbonyl (C=O) groups excluding carboxylic acids is 3. The van der Waals surface area contributed by atoms with Crippen LogP contribution in [-0.4, -0.2) is 51.6 Å². The molecule has 1 aliphatic carbocycles. The number of para-hydroxylation sites is 1. The van der Waals surface area contributed by atoms with Crippen molar-refractivity contribution in [3.63, 3.8) is 0 Å². The maximum atomic E-state index is 14.4.